The molecule has 1 aromatic heterocycles. The number of aromatic nitrogens is 1. The summed E-state index contributed by atoms with van der Waals surface area (Å²) in [5.74, 6) is 0.469. The molecule has 0 saturated carbocycles. The van der Waals surface area contributed by atoms with Crippen LogP contribution in [0.4, 0.5) is 11.4 Å². The summed E-state index contributed by atoms with van der Waals surface area (Å²) in [6.45, 7) is 5.00. The maximum atomic E-state index is 5.98. The quantitative estimate of drug-likeness (QED) is 0.811. The molecule has 0 fully saturated rings. The van der Waals surface area contributed by atoms with E-state index in [1.807, 2.05) is 24.3 Å². The highest BCUT2D eigenvalue weighted by Crippen LogP contribution is 2.27. The molecule has 0 radical (unpaired) electrons. The van der Waals surface area contributed by atoms with Gasteiger partial charge in [-0.25, -0.2) is 0 Å². The molecule has 0 spiro atoms. The first kappa shape index (κ1) is 13.6. The third-order valence-electron chi connectivity index (χ3n) is 3.30. The van der Waals surface area contributed by atoms with Gasteiger partial charge in [0.25, 0.3) is 0 Å². The standard InChI is InChI=1S/C15H21N3O/c1-10(2)14(9-19-3)18-13-7-6-12(16)11-5-4-8-17-15(11)13/h4-8,10,14,18H,9,16H2,1-3H3. The summed E-state index contributed by atoms with van der Waals surface area (Å²) in [6, 6.07) is 8.03. The molecule has 0 aliphatic heterocycles. The third kappa shape index (κ3) is 2.96. The Labute approximate surface area is 114 Å². The fourth-order valence-electron chi connectivity index (χ4n) is 2.09. The van der Waals surface area contributed by atoms with Crippen molar-refractivity contribution in [2.24, 2.45) is 5.92 Å². The Kier molecular flexibility index (Phi) is 4.22. The molecule has 0 bridgehead atoms. The number of methoxy groups -OCH3 is 1. The van der Waals surface area contributed by atoms with Gasteiger partial charge < -0.3 is 15.8 Å². The monoisotopic (exact) mass is 259 g/mol. The van der Waals surface area contributed by atoms with E-state index in [1.165, 1.54) is 0 Å². The van der Waals surface area contributed by atoms with Crippen LogP contribution in [0.3, 0.4) is 0 Å². The van der Waals surface area contributed by atoms with E-state index in [0.717, 1.165) is 22.3 Å². The summed E-state index contributed by atoms with van der Waals surface area (Å²) >= 11 is 0. The minimum Gasteiger partial charge on any atom is -0.398 e. The molecule has 0 aliphatic rings. The van der Waals surface area contributed by atoms with Crippen LogP contribution in [-0.4, -0.2) is 24.7 Å². The first-order chi connectivity index (χ1) is 9.13. The third-order valence-corrected chi connectivity index (χ3v) is 3.30. The zero-order valence-electron chi connectivity index (χ0n) is 11.7. The predicted octanol–water partition coefficient (Wildman–Crippen LogP) is 2.90. The summed E-state index contributed by atoms with van der Waals surface area (Å²) in [7, 11) is 1.72. The van der Waals surface area contributed by atoms with E-state index in [1.54, 1.807) is 13.3 Å². The number of rotatable bonds is 5. The van der Waals surface area contributed by atoms with Crippen LogP contribution in [0.2, 0.25) is 0 Å². The number of nitrogens with one attached hydrogen (secondary N) is 1. The van der Waals surface area contributed by atoms with E-state index >= 15 is 0 Å². The topological polar surface area (TPSA) is 60.2 Å². The Morgan fingerprint density at radius 3 is 2.79 bits per heavy atom. The zero-order chi connectivity index (χ0) is 13.8. The molecular weight excluding hydrogens is 238 g/mol. The Balaban J connectivity index is 2.37. The van der Waals surface area contributed by atoms with E-state index in [0.29, 0.717) is 12.5 Å². The lowest BCUT2D eigenvalue weighted by molar-refractivity contribution is 0.171. The summed E-state index contributed by atoms with van der Waals surface area (Å²) < 4.78 is 5.27. The molecule has 1 atom stereocenters. The first-order valence-corrected chi connectivity index (χ1v) is 6.52. The van der Waals surface area contributed by atoms with E-state index in [2.05, 4.69) is 24.1 Å². The smallest absolute Gasteiger partial charge is 0.0953 e. The molecule has 1 unspecified atom stereocenters. The van der Waals surface area contributed by atoms with Gasteiger partial charge >= 0.3 is 0 Å². The van der Waals surface area contributed by atoms with Crippen LogP contribution in [0.5, 0.6) is 0 Å². The van der Waals surface area contributed by atoms with Gasteiger partial charge in [-0.2, -0.15) is 0 Å². The Bertz CT molecular complexity index is 554. The Hall–Kier alpha value is -1.81. The lowest BCUT2D eigenvalue weighted by Crippen LogP contribution is -2.30. The van der Waals surface area contributed by atoms with Crippen LogP contribution in [0.15, 0.2) is 30.5 Å². The van der Waals surface area contributed by atoms with Crippen LogP contribution in [0.1, 0.15) is 13.8 Å². The molecular formula is C15H21N3O. The highest BCUT2D eigenvalue weighted by Gasteiger charge is 2.15. The maximum absolute atomic E-state index is 5.98. The largest absolute Gasteiger partial charge is 0.398 e. The summed E-state index contributed by atoms with van der Waals surface area (Å²) in [5.41, 5.74) is 8.64. The van der Waals surface area contributed by atoms with E-state index in [4.69, 9.17) is 10.5 Å². The number of anilines is 2. The first-order valence-electron chi connectivity index (χ1n) is 6.52. The van der Waals surface area contributed by atoms with Gasteiger partial charge in [0.1, 0.15) is 0 Å². The average molecular weight is 259 g/mol. The van der Waals surface area contributed by atoms with Gasteiger partial charge in [0.05, 0.1) is 23.9 Å². The van der Waals surface area contributed by atoms with Crippen LogP contribution in [-0.2, 0) is 4.74 Å². The van der Waals surface area contributed by atoms with Gasteiger partial charge in [-0.1, -0.05) is 13.8 Å². The van der Waals surface area contributed by atoms with Gasteiger partial charge in [-0.15, -0.1) is 0 Å². The number of nitrogens with zero attached hydrogens (tertiary/aromatic N) is 1. The van der Waals surface area contributed by atoms with Gasteiger partial charge in [0.15, 0.2) is 0 Å². The summed E-state index contributed by atoms with van der Waals surface area (Å²) in [6.07, 6.45) is 1.79. The average Bonchev–Trinajstić information content (AvgIpc) is 2.41. The van der Waals surface area contributed by atoms with Crippen molar-refractivity contribution in [1.82, 2.24) is 4.98 Å². The molecule has 0 aliphatic carbocycles. The molecule has 0 saturated heterocycles. The Morgan fingerprint density at radius 2 is 2.11 bits per heavy atom. The van der Waals surface area contributed by atoms with Crippen molar-refractivity contribution < 1.29 is 4.74 Å². The number of hydrogen-bond donors (Lipinski definition) is 2. The zero-order valence-corrected chi connectivity index (χ0v) is 11.7. The second-order valence-corrected chi connectivity index (χ2v) is 5.05. The van der Waals surface area contributed by atoms with E-state index in [9.17, 15) is 0 Å². The summed E-state index contributed by atoms with van der Waals surface area (Å²) in [4.78, 5) is 4.43. The van der Waals surface area contributed by atoms with Crippen molar-refractivity contribution in [2.75, 3.05) is 24.8 Å². The summed E-state index contributed by atoms with van der Waals surface area (Å²) in [5, 5.41) is 4.49. The number of nitrogen functional groups attached to an aromatic ring is 1. The van der Waals surface area contributed by atoms with E-state index in [-0.39, 0.29) is 6.04 Å². The molecule has 4 nitrogen and oxygen atoms in total. The van der Waals surface area contributed by atoms with Gasteiger partial charge in [0.2, 0.25) is 0 Å². The molecule has 1 heterocycles. The lowest BCUT2D eigenvalue weighted by Gasteiger charge is -2.23. The molecule has 0 amide bonds. The molecule has 2 rings (SSSR count). The second kappa shape index (κ2) is 5.89. The van der Waals surface area contributed by atoms with Crippen LogP contribution < -0.4 is 11.1 Å². The van der Waals surface area contributed by atoms with Gasteiger partial charge in [0, 0.05) is 24.4 Å². The van der Waals surface area contributed by atoms with Crippen molar-refractivity contribution >= 4 is 22.3 Å². The van der Waals surface area contributed by atoms with Crippen LogP contribution in [0.25, 0.3) is 10.9 Å². The fourth-order valence-corrected chi connectivity index (χ4v) is 2.09. The minimum atomic E-state index is 0.249. The molecule has 4 heteroatoms. The highest BCUT2D eigenvalue weighted by molar-refractivity contribution is 5.98. The Morgan fingerprint density at radius 1 is 1.32 bits per heavy atom. The van der Waals surface area contributed by atoms with Crippen molar-refractivity contribution in [2.45, 2.75) is 19.9 Å². The molecule has 19 heavy (non-hydrogen) atoms. The SMILES string of the molecule is COCC(Nc1ccc(N)c2cccnc12)C(C)C. The highest BCUT2D eigenvalue weighted by atomic mass is 16.5. The van der Waals surface area contributed by atoms with Crippen molar-refractivity contribution in [1.29, 1.82) is 0 Å². The fraction of sp³-hybridized carbons (Fsp3) is 0.400. The second-order valence-electron chi connectivity index (χ2n) is 5.05. The van der Waals surface area contributed by atoms with Crippen LogP contribution in [0, 0.1) is 5.92 Å². The molecule has 3 N–H and O–H groups in total. The number of hydrogen-bond acceptors (Lipinski definition) is 4. The number of benzene rings is 1. The van der Waals surface area contributed by atoms with E-state index < -0.39 is 0 Å². The van der Waals surface area contributed by atoms with Gasteiger partial charge in [-0.05, 0) is 30.2 Å². The number of ether oxygens (including phenoxy) is 1. The predicted molar refractivity (Wildman–Crippen MR) is 80.3 cm³/mol. The van der Waals surface area contributed by atoms with Crippen molar-refractivity contribution in [3.63, 3.8) is 0 Å². The normalized spacial score (nSPS) is 12.8. The number of fused-ring (bicyclic) bond motifs is 1. The van der Waals surface area contributed by atoms with Gasteiger partial charge in [-0.3, -0.25) is 4.98 Å². The lowest BCUT2D eigenvalue weighted by atomic mass is 10.0. The van der Waals surface area contributed by atoms with Crippen LogP contribution >= 0.6 is 0 Å². The van der Waals surface area contributed by atoms with Crippen molar-refractivity contribution in [3.05, 3.63) is 30.5 Å². The number of nitrogens with two attached hydrogens (primary N) is 1. The number of pyridine rings is 1. The molecule has 1 aromatic carbocycles. The minimum absolute atomic E-state index is 0.249. The van der Waals surface area contributed by atoms with Crippen molar-refractivity contribution in [3.8, 4) is 0 Å². The maximum Gasteiger partial charge on any atom is 0.0953 e. The molecule has 102 valence electrons. The molecule has 2 aromatic rings.